The molecule has 4 heterocycles. The Labute approximate surface area is 197 Å². The van der Waals surface area contributed by atoms with Crippen LogP contribution in [0.15, 0.2) is 53.8 Å². The zero-order chi connectivity index (χ0) is 23.2. The third-order valence-electron chi connectivity index (χ3n) is 6.55. The number of sulfonamides is 1. The van der Waals surface area contributed by atoms with Crippen molar-refractivity contribution in [2.75, 3.05) is 10.8 Å². The Hall–Kier alpha value is -2.82. The van der Waals surface area contributed by atoms with Gasteiger partial charge >= 0.3 is 0 Å². The number of anilines is 1. The molecule has 1 saturated heterocycles. The number of hydrogen-bond acceptors (Lipinski definition) is 8. The number of likely N-dealkylation sites (tertiary alicyclic amines) is 1. The lowest BCUT2D eigenvalue weighted by atomic mass is 9.83. The number of aryl methyl sites for hydroxylation is 1. The number of piperidine rings is 1. The predicted octanol–water partition coefficient (Wildman–Crippen LogP) is 3.70. The first-order chi connectivity index (χ1) is 15.8. The molecular weight excluding hydrogens is 458 g/mol. The smallest absolute Gasteiger partial charge is 0.259 e. The molecular formula is C23H25N5O3S2. The van der Waals surface area contributed by atoms with Gasteiger partial charge in [0, 0.05) is 47.4 Å². The van der Waals surface area contributed by atoms with E-state index in [0.29, 0.717) is 31.7 Å². The number of nitrogens with zero attached hydrogens (tertiary/aromatic N) is 5. The zero-order valence-electron chi connectivity index (χ0n) is 18.4. The highest BCUT2D eigenvalue weighted by atomic mass is 32.2. The summed E-state index contributed by atoms with van der Waals surface area (Å²) in [5.74, 6) is 0.568. The van der Waals surface area contributed by atoms with Crippen molar-refractivity contribution in [2.24, 2.45) is 0 Å². The fourth-order valence-corrected chi connectivity index (χ4v) is 7.19. The summed E-state index contributed by atoms with van der Waals surface area (Å²) >= 11 is 1.56. The minimum atomic E-state index is -3.60. The molecule has 2 aromatic heterocycles. The van der Waals surface area contributed by atoms with Crippen molar-refractivity contribution < 1.29 is 13.5 Å². The molecule has 33 heavy (non-hydrogen) atoms. The Balaban J connectivity index is 1.42. The van der Waals surface area contributed by atoms with Gasteiger partial charge in [0.15, 0.2) is 5.82 Å². The van der Waals surface area contributed by atoms with Gasteiger partial charge in [-0.25, -0.2) is 22.7 Å². The van der Waals surface area contributed by atoms with Crippen molar-refractivity contribution in [3.8, 4) is 17.0 Å². The largest absolute Gasteiger partial charge is 0.507 e. The average molecular weight is 484 g/mol. The monoisotopic (exact) mass is 483 g/mol. The van der Waals surface area contributed by atoms with Crippen molar-refractivity contribution in [3.05, 3.63) is 64.2 Å². The van der Waals surface area contributed by atoms with E-state index >= 15 is 0 Å². The van der Waals surface area contributed by atoms with Crippen LogP contribution in [-0.4, -0.2) is 51.5 Å². The maximum atomic E-state index is 12.9. The summed E-state index contributed by atoms with van der Waals surface area (Å²) in [6, 6.07) is 5.67. The van der Waals surface area contributed by atoms with E-state index in [4.69, 9.17) is 0 Å². The standard InChI is InChI=1S/C23H25N5O3S2/c1-16-12-23(7-11-33(30,31)28(23)20-13-24-8-9-25-20)6-10-27(16)14-18-4-3-5-19(29)21(18)22-17(2)32-15-26-22/h3-5,7-9,11,13,15-16,29H,6,10,12,14H2,1-2H3. The van der Waals surface area contributed by atoms with Gasteiger partial charge in [-0.15, -0.1) is 11.3 Å². The molecule has 172 valence electrons. The van der Waals surface area contributed by atoms with E-state index in [2.05, 4.69) is 26.8 Å². The molecule has 0 amide bonds. The number of hydrogen-bond donors (Lipinski definition) is 1. The normalized spacial score (nSPS) is 24.5. The van der Waals surface area contributed by atoms with Crippen LogP contribution in [0.2, 0.25) is 0 Å². The topological polar surface area (TPSA) is 99.5 Å². The van der Waals surface area contributed by atoms with Crippen molar-refractivity contribution in [1.29, 1.82) is 0 Å². The summed E-state index contributed by atoms with van der Waals surface area (Å²) in [6.07, 6.45) is 7.62. The van der Waals surface area contributed by atoms with Crippen molar-refractivity contribution in [2.45, 2.75) is 44.8 Å². The predicted molar refractivity (Wildman–Crippen MR) is 128 cm³/mol. The second kappa shape index (κ2) is 8.19. The molecule has 2 unspecified atom stereocenters. The lowest BCUT2D eigenvalue weighted by Crippen LogP contribution is -2.56. The van der Waals surface area contributed by atoms with Gasteiger partial charge in [-0.1, -0.05) is 12.1 Å². The van der Waals surface area contributed by atoms with Gasteiger partial charge in [-0.3, -0.25) is 9.88 Å². The van der Waals surface area contributed by atoms with Crippen LogP contribution in [0.3, 0.4) is 0 Å². The van der Waals surface area contributed by atoms with E-state index in [-0.39, 0.29) is 11.8 Å². The highest BCUT2D eigenvalue weighted by Crippen LogP contribution is 2.43. The Morgan fingerprint density at radius 2 is 2.12 bits per heavy atom. The average Bonchev–Trinajstić information content (AvgIpc) is 3.31. The first-order valence-electron chi connectivity index (χ1n) is 10.8. The molecule has 5 rings (SSSR count). The Morgan fingerprint density at radius 3 is 2.82 bits per heavy atom. The minimum Gasteiger partial charge on any atom is -0.507 e. The number of thiazole rings is 1. The van der Waals surface area contributed by atoms with E-state index in [9.17, 15) is 13.5 Å². The molecule has 0 bridgehead atoms. The highest BCUT2D eigenvalue weighted by Gasteiger charge is 2.50. The minimum absolute atomic E-state index is 0.0996. The molecule has 1 fully saturated rings. The third kappa shape index (κ3) is 3.81. The van der Waals surface area contributed by atoms with Crippen molar-refractivity contribution in [1.82, 2.24) is 19.9 Å². The van der Waals surface area contributed by atoms with Crippen LogP contribution < -0.4 is 4.31 Å². The van der Waals surface area contributed by atoms with E-state index in [1.807, 2.05) is 25.1 Å². The van der Waals surface area contributed by atoms with E-state index in [0.717, 1.165) is 21.7 Å². The Kier molecular flexibility index (Phi) is 5.46. The van der Waals surface area contributed by atoms with Gasteiger partial charge in [-0.2, -0.15) is 0 Å². The van der Waals surface area contributed by atoms with Crippen molar-refractivity contribution >= 4 is 27.2 Å². The molecule has 2 aliphatic heterocycles. The number of aromatic nitrogens is 3. The second-order valence-electron chi connectivity index (χ2n) is 8.62. The third-order valence-corrected chi connectivity index (χ3v) is 8.85. The van der Waals surface area contributed by atoms with Crippen molar-refractivity contribution in [3.63, 3.8) is 0 Å². The van der Waals surface area contributed by atoms with Crippen LogP contribution in [0.25, 0.3) is 11.3 Å². The van der Waals surface area contributed by atoms with Gasteiger partial charge in [0.25, 0.3) is 10.0 Å². The SMILES string of the molecule is Cc1scnc1-c1c(O)cccc1CN1CCC2(C=CS(=O)(=O)N2c2cnccn2)CC1C. The molecule has 8 nitrogen and oxygen atoms in total. The lowest BCUT2D eigenvalue weighted by molar-refractivity contribution is 0.119. The molecule has 1 spiro atoms. The van der Waals surface area contributed by atoms with E-state index in [1.165, 1.54) is 28.3 Å². The lowest BCUT2D eigenvalue weighted by Gasteiger charge is -2.46. The number of phenols is 1. The summed E-state index contributed by atoms with van der Waals surface area (Å²) in [5.41, 5.74) is 3.73. The summed E-state index contributed by atoms with van der Waals surface area (Å²) in [7, 11) is -3.60. The molecule has 0 saturated carbocycles. The Morgan fingerprint density at radius 1 is 1.27 bits per heavy atom. The van der Waals surface area contributed by atoms with Crippen LogP contribution in [0.4, 0.5) is 5.82 Å². The Bertz CT molecular complexity index is 1310. The van der Waals surface area contributed by atoms with Gasteiger partial charge in [0.05, 0.1) is 22.9 Å². The maximum absolute atomic E-state index is 12.9. The molecule has 2 aliphatic rings. The molecule has 2 atom stereocenters. The van der Waals surface area contributed by atoms with Crippen LogP contribution in [0.5, 0.6) is 5.75 Å². The molecule has 10 heteroatoms. The second-order valence-corrected chi connectivity index (χ2v) is 11.3. The molecule has 1 N–H and O–H groups in total. The van der Waals surface area contributed by atoms with E-state index < -0.39 is 15.6 Å². The maximum Gasteiger partial charge on any atom is 0.259 e. The molecule has 0 radical (unpaired) electrons. The van der Waals surface area contributed by atoms with Gasteiger partial charge in [0.1, 0.15) is 5.75 Å². The molecule has 3 aromatic rings. The fourth-order valence-electron chi connectivity index (χ4n) is 4.98. The van der Waals surface area contributed by atoms with Crippen LogP contribution >= 0.6 is 11.3 Å². The summed E-state index contributed by atoms with van der Waals surface area (Å²) < 4.78 is 27.2. The highest BCUT2D eigenvalue weighted by molar-refractivity contribution is 7.96. The number of phenolic OH excluding ortho intramolecular Hbond substituents is 1. The number of rotatable bonds is 4. The van der Waals surface area contributed by atoms with Gasteiger partial charge in [-0.05, 0) is 44.4 Å². The van der Waals surface area contributed by atoms with Crippen LogP contribution in [-0.2, 0) is 16.6 Å². The summed E-state index contributed by atoms with van der Waals surface area (Å²) in [6.45, 7) is 5.46. The van der Waals surface area contributed by atoms with Gasteiger partial charge in [0.2, 0.25) is 0 Å². The molecule has 1 aromatic carbocycles. The van der Waals surface area contributed by atoms with Crippen LogP contribution in [0.1, 0.15) is 30.2 Å². The van der Waals surface area contributed by atoms with Gasteiger partial charge < -0.3 is 5.11 Å². The number of aromatic hydroxyl groups is 1. The number of benzene rings is 1. The fraction of sp³-hybridized carbons (Fsp3) is 0.348. The summed E-state index contributed by atoms with van der Waals surface area (Å²) in [4.78, 5) is 16.2. The first kappa shape index (κ1) is 22.0. The van der Waals surface area contributed by atoms with E-state index in [1.54, 1.807) is 22.9 Å². The molecule has 0 aliphatic carbocycles. The first-order valence-corrected chi connectivity index (χ1v) is 13.2. The quantitative estimate of drug-likeness (QED) is 0.604. The zero-order valence-corrected chi connectivity index (χ0v) is 20.1. The summed E-state index contributed by atoms with van der Waals surface area (Å²) in [5, 5.41) is 11.9. The van der Waals surface area contributed by atoms with Crippen LogP contribution in [0, 0.1) is 6.92 Å².